The highest BCUT2D eigenvalue weighted by Crippen LogP contribution is 2.35. The van der Waals surface area contributed by atoms with Gasteiger partial charge in [-0.1, -0.05) is 68.2 Å². The lowest BCUT2D eigenvalue weighted by Gasteiger charge is -2.33. The Bertz CT molecular complexity index is 988. The number of allylic oxidation sites excluding steroid dienone is 2. The summed E-state index contributed by atoms with van der Waals surface area (Å²) in [6.45, 7) is 4.30. The zero-order valence-corrected chi connectivity index (χ0v) is 21.6. The molecule has 1 N–H and O–H groups in total. The topological polar surface area (TPSA) is 86.8 Å². The van der Waals surface area contributed by atoms with E-state index in [4.69, 9.17) is 0 Å². The van der Waals surface area contributed by atoms with E-state index in [1.165, 1.54) is 11.3 Å². The molecule has 2 aliphatic carbocycles. The molecular formula is C29H39N3O4. The fourth-order valence-corrected chi connectivity index (χ4v) is 5.91. The molecule has 1 saturated carbocycles. The zero-order chi connectivity index (χ0) is 25.7. The van der Waals surface area contributed by atoms with Crippen LogP contribution in [0.1, 0.15) is 75.8 Å². The third kappa shape index (κ3) is 5.88. The van der Waals surface area contributed by atoms with Crippen LogP contribution in [0.2, 0.25) is 0 Å². The molecule has 1 aromatic rings. The largest absolute Gasteiger partial charge is 0.352 e. The zero-order valence-electron chi connectivity index (χ0n) is 21.6. The lowest BCUT2D eigenvalue weighted by molar-refractivity contribution is -0.144. The number of imide groups is 1. The first kappa shape index (κ1) is 26.1. The summed E-state index contributed by atoms with van der Waals surface area (Å²) in [7, 11) is 0. The minimum atomic E-state index is -0.600. The van der Waals surface area contributed by atoms with Crippen molar-refractivity contribution in [1.29, 1.82) is 0 Å². The Morgan fingerprint density at radius 1 is 1.06 bits per heavy atom. The van der Waals surface area contributed by atoms with Gasteiger partial charge in [-0.3, -0.25) is 24.1 Å². The van der Waals surface area contributed by atoms with E-state index in [1.807, 2.05) is 50.3 Å². The van der Waals surface area contributed by atoms with Gasteiger partial charge in [-0.15, -0.1) is 0 Å². The molecule has 0 radical (unpaired) electrons. The number of hydrogen-bond donors (Lipinski definition) is 1. The van der Waals surface area contributed by atoms with Crippen LogP contribution in [0.25, 0.3) is 0 Å². The van der Waals surface area contributed by atoms with E-state index in [0.29, 0.717) is 25.8 Å². The van der Waals surface area contributed by atoms with Crippen LogP contribution < -0.4 is 5.32 Å². The first-order chi connectivity index (χ1) is 17.4. The van der Waals surface area contributed by atoms with Crippen LogP contribution in [-0.4, -0.2) is 52.1 Å². The quantitative estimate of drug-likeness (QED) is 0.418. The summed E-state index contributed by atoms with van der Waals surface area (Å²) >= 11 is 0. The standard InChI is InChI=1S/C29H39N3O4/c1-3-25(27(34)30-22-12-5-4-6-13-22)32(19-21-11-9-10-20(2)18-21)26(33)16-17-31-28(35)23-14-7-8-15-24(23)29(31)36/h7-11,18,22-25H,3-6,12-17,19H2,1-2H3,(H,30,34)/t23-,24+,25-/m1/s1. The lowest BCUT2D eigenvalue weighted by Crippen LogP contribution is -2.52. The van der Waals surface area contributed by atoms with E-state index in [1.54, 1.807) is 4.90 Å². The highest BCUT2D eigenvalue weighted by atomic mass is 16.2. The molecule has 0 bridgehead atoms. The van der Waals surface area contributed by atoms with Crippen molar-refractivity contribution in [3.05, 3.63) is 47.5 Å². The monoisotopic (exact) mass is 493 g/mol. The average Bonchev–Trinajstić information content (AvgIpc) is 3.12. The molecule has 1 aromatic carbocycles. The molecule has 7 heteroatoms. The number of rotatable bonds is 9. The first-order valence-electron chi connectivity index (χ1n) is 13.5. The Morgan fingerprint density at radius 2 is 1.72 bits per heavy atom. The van der Waals surface area contributed by atoms with E-state index >= 15 is 0 Å². The number of nitrogens with one attached hydrogen (secondary N) is 1. The number of likely N-dealkylation sites (tertiary alicyclic amines) is 1. The number of hydrogen-bond acceptors (Lipinski definition) is 4. The van der Waals surface area contributed by atoms with Crippen molar-refractivity contribution in [2.75, 3.05) is 6.54 Å². The minimum absolute atomic E-state index is 0.0172. The predicted octanol–water partition coefficient (Wildman–Crippen LogP) is 3.89. The van der Waals surface area contributed by atoms with Crippen LogP contribution in [0, 0.1) is 18.8 Å². The lowest BCUT2D eigenvalue weighted by atomic mass is 9.85. The molecule has 3 aliphatic rings. The Hall–Kier alpha value is -2.96. The maximum absolute atomic E-state index is 13.6. The van der Waals surface area contributed by atoms with Crippen molar-refractivity contribution in [2.24, 2.45) is 11.8 Å². The number of nitrogens with zero attached hydrogens (tertiary/aromatic N) is 2. The second kappa shape index (κ2) is 11.8. The molecule has 1 aliphatic heterocycles. The summed E-state index contributed by atoms with van der Waals surface area (Å²) in [6, 6.07) is 7.50. The van der Waals surface area contributed by atoms with Gasteiger partial charge >= 0.3 is 0 Å². The second-order valence-corrected chi connectivity index (χ2v) is 10.5. The van der Waals surface area contributed by atoms with Crippen LogP contribution in [0.5, 0.6) is 0 Å². The summed E-state index contributed by atoms with van der Waals surface area (Å²) in [5, 5.41) is 3.19. The molecule has 0 unspecified atom stereocenters. The van der Waals surface area contributed by atoms with Crippen molar-refractivity contribution in [2.45, 2.75) is 90.3 Å². The highest BCUT2D eigenvalue weighted by Gasteiger charge is 2.47. The molecule has 36 heavy (non-hydrogen) atoms. The predicted molar refractivity (Wildman–Crippen MR) is 138 cm³/mol. The summed E-state index contributed by atoms with van der Waals surface area (Å²) in [5.74, 6) is -1.27. The molecule has 4 amide bonds. The molecule has 0 spiro atoms. The van der Waals surface area contributed by atoms with Crippen molar-refractivity contribution < 1.29 is 19.2 Å². The number of carbonyl (C=O) groups excluding carboxylic acids is 4. The van der Waals surface area contributed by atoms with Gasteiger partial charge in [0.25, 0.3) is 0 Å². The van der Waals surface area contributed by atoms with Crippen LogP contribution in [0.15, 0.2) is 36.4 Å². The van der Waals surface area contributed by atoms with Gasteiger partial charge in [0.2, 0.25) is 23.6 Å². The molecular weight excluding hydrogens is 454 g/mol. The van der Waals surface area contributed by atoms with Gasteiger partial charge in [0.1, 0.15) is 6.04 Å². The molecule has 1 heterocycles. The Morgan fingerprint density at radius 3 is 2.33 bits per heavy atom. The van der Waals surface area contributed by atoms with Gasteiger partial charge < -0.3 is 10.2 Å². The summed E-state index contributed by atoms with van der Waals surface area (Å²) in [5.41, 5.74) is 2.04. The fourth-order valence-electron chi connectivity index (χ4n) is 5.91. The number of aryl methyl sites for hydroxylation is 1. The Labute approximate surface area is 214 Å². The van der Waals surface area contributed by atoms with Crippen LogP contribution in [-0.2, 0) is 25.7 Å². The maximum Gasteiger partial charge on any atom is 0.243 e. The van der Waals surface area contributed by atoms with Crippen LogP contribution in [0.3, 0.4) is 0 Å². The molecule has 4 rings (SSSR count). The van der Waals surface area contributed by atoms with Gasteiger partial charge in [-0.2, -0.15) is 0 Å². The Balaban J connectivity index is 1.48. The molecule has 2 fully saturated rings. The summed E-state index contributed by atoms with van der Waals surface area (Å²) < 4.78 is 0. The number of fused-ring (bicyclic) bond motifs is 1. The maximum atomic E-state index is 13.6. The van der Waals surface area contributed by atoms with Gasteiger partial charge in [-0.05, 0) is 44.6 Å². The van der Waals surface area contributed by atoms with E-state index in [9.17, 15) is 19.2 Å². The van der Waals surface area contributed by atoms with Crippen LogP contribution in [0.4, 0.5) is 0 Å². The van der Waals surface area contributed by atoms with Crippen molar-refractivity contribution in [3.8, 4) is 0 Å². The highest BCUT2D eigenvalue weighted by molar-refractivity contribution is 6.05. The van der Waals surface area contributed by atoms with E-state index in [-0.39, 0.29) is 54.5 Å². The molecule has 7 nitrogen and oxygen atoms in total. The van der Waals surface area contributed by atoms with Crippen molar-refractivity contribution in [1.82, 2.24) is 15.1 Å². The molecule has 194 valence electrons. The molecule has 0 aromatic heterocycles. The SMILES string of the molecule is CC[C@H](C(=O)NC1CCCCC1)N(Cc1cccc(C)c1)C(=O)CCN1C(=O)[C@H]2CC=CC[C@H]2C1=O. The first-order valence-corrected chi connectivity index (χ1v) is 13.5. The van der Waals surface area contributed by atoms with E-state index in [2.05, 4.69) is 5.32 Å². The third-order valence-corrected chi connectivity index (χ3v) is 7.92. The van der Waals surface area contributed by atoms with E-state index in [0.717, 1.165) is 36.8 Å². The van der Waals surface area contributed by atoms with Gasteiger partial charge in [0.05, 0.1) is 11.8 Å². The number of carbonyl (C=O) groups is 4. The van der Waals surface area contributed by atoms with Gasteiger partial charge in [-0.25, -0.2) is 0 Å². The van der Waals surface area contributed by atoms with Crippen LogP contribution >= 0.6 is 0 Å². The van der Waals surface area contributed by atoms with Crippen molar-refractivity contribution >= 4 is 23.6 Å². The summed E-state index contributed by atoms with van der Waals surface area (Å²) in [4.78, 5) is 55.6. The molecule has 3 atom stereocenters. The van der Waals surface area contributed by atoms with Crippen molar-refractivity contribution in [3.63, 3.8) is 0 Å². The van der Waals surface area contributed by atoms with E-state index < -0.39 is 6.04 Å². The number of amides is 4. The third-order valence-electron chi connectivity index (χ3n) is 7.92. The average molecular weight is 494 g/mol. The van der Waals surface area contributed by atoms with Gasteiger partial charge in [0.15, 0.2) is 0 Å². The summed E-state index contributed by atoms with van der Waals surface area (Å²) in [6.07, 6.45) is 11.0. The number of benzene rings is 1. The second-order valence-electron chi connectivity index (χ2n) is 10.5. The fraction of sp³-hybridized carbons (Fsp3) is 0.586. The smallest absolute Gasteiger partial charge is 0.243 e. The van der Waals surface area contributed by atoms with Gasteiger partial charge in [0, 0.05) is 25.6 Å². The Kier molecular flexibility index (Phi) is 8.60. The minimum Gasteiger partial charge on any atom is -0.352 e. The normalized spacial score (nSPS) is 22.9. The molecule has 1 saturated heterocycles.